The normalized spacial score (nSPS) is 11.2. The third kappa shape index (κ3) is 11.2. The second-order valence-electron chi connectivity index (χ2n) is 6.40. The summed E-state index contributed by atoms with van der Waals surface area (Å²) in [6, 6.07) is 10.7. The molecule has 0 aliphatic rings. The minimum absolute atomic E-state index is 1.27. The summed E-state index contributed by atoms with van der Waals surface area (Å²) < 4.78 is 0. The van der Waals surface area contributed by atoms with E-state index in [1.165, 1.54) is 81.9 Å². The Morgan fingerprint density at radius 2 is 1.23 bits per heavy atom. The van der Waals surface area contributed by atoms with Crippen LogP contribution in [0.25, 0.3) is 0 Å². The molecule has 1 heteroatoms. The molecule has 0 aliphatic heterocycles. The van der Waals surface area contributed by atoms with Crippen molar-refractivity contribution in [2.45, 2.75) is 95.8 Å². The van der Waals surface area contributed by atoms with Gasteiger partial charge in [0.25, 0.3) is 0 Å². The van der Waals surface area contributed by atoms with Crippen LogP contribution in [0, 0.1) is 5.25 Å². The molecule has 1 rings (SSSR count). The van der Waals surface area contributed by atoms with Crippen LogP contribution in [-0.2, 0) is 0 Å². The molecule has 1 aromatic carbocycles. The van der Waals surface area contributed by atoms with Crippen LogP contribution in [0.1, 0.15) is 90.9 Å². The fraction of sp³-hybridized carbons (Fsp3) is 0.667. The SMILES string of the molecule is CCCCCCCCCCCCC[C](C)Sc1ccccc1. The van der Waals surface area contributed by atoms with Gasteiger partial charge in [0.1, 0.15) is 0 Å². The predicted molar refractivity (Wildman–Crippen MR) is 102 cm³/mol. The first kappa shape index (κ1) is 19.6. The lowest BCUT2D eigenvalue weighted by Gasteiger charge is -2.10. The molecule has 22 heavy (non-hydrogen) atoms. The van der Waals surface area contributed by atoms with Crippen molar-refractivity contribution in [3.8, 4) is 0 Å². The molecule has 0 spiro atoms. The second-order valence-corrected chi connectivity index (χ2v) is 7.78. The van der Waals surface area contributed by atoms with E-state index in [9.17, 15) is 0 Å². The minimum atomic E-state index is 1.27. The fourth-order valence-corrected chi connectivity index (χ4v) is 3.72. The van der Waals surface area contributed by atoms with Crippen molar-refractivity contribution in [3.63, 3.8) is 0 Å². The average molecular weight is 320 g/mol. The molecule has 0 aromatic heterocycles. The van der Waals surface area contributed by atoms with Gasteiger partial charge in [0, 0.05) is 10.1 Å². The van der Waals surface area contributed by atoms with Gasteiger partial charge in [0.2, 0.25) is 0 Å². The highest BCUT2D eigenvalue weighted by atomic mass is 32.2. The molecule has 0 bridgehead atoms. The van der Waals surface area contributed by atoms with E-state index in [0.717, 1.165) is 0 Å². The lowest BCUT2D eigenvalue weighted by atomic mass is 10.0. The van der Waals surface area contributed by atoms with Gasteiger partial charge in [0.05, 0.1) is 0 Å². The molecule has 0 nitrogen and oxygen atoms in total. The Morgan fingerprint density at radius 1 is 0.727 bits per heavy atom. The highest BCUT2D eigenvalue weighted by Gasteiger charge is 2.04. The maximum atomic E-state index is 2.29. The zero-order chi connectivity index (χ0) is 15.9. The van der Waals surface area contributed by atoms with E-state index >= 15 is 0 Å². The van der Waals surface area contributed by atoms with Gasteiger partial charge >= 0.3 is 0 Å². The molecule has 0 N–H and O–H groups in total. The topological polar surface area (TPSA) is 0 Å². The van der Waals surface area contributed by atoms with Crippen LogP contribution in [0.5, 0.6) is 0 Å². The van der Waals surface area contributed by atoms with E-state index < -0.39 is 0 Å². The quantitative estimate of drug-likeness (QED) is 0.247. The summed E-state index contributed by atoms with van der Waals surface area (Å²) in [6.45, 7) is 4.57. The Morgan fingerprint density at radius 3 is 1.77 bits per heavy atom. The maximum Gasteiger partial charge on any atom is 0.0326 e. The summed E-state index contributed by atoms with van der Waals surface area (Å²) in [5.41, 5.74) is 0. The van der Waals surface area contributed by atoms with Crippen molar-refractivity contribution in [1.29, 1.82) is 0 Å². The largest absolute Gasteiger partial charge is 0.118 e. The van der Waals surface area contributed by atoms with Crippen molar-refractivity contribution < 1.29 is 0 Å². The Balaban J connectivity index is 1.85. The summed E-state index contributed by atoms with van der Waals surface area (Å²) in [4.78, 5) is 1.38. The first-order chi connectivity index (χ1) is 10.8. The maximum absolute atomic E-state index is 2.29. The van der Waals surface area contributed by atoms with Gasteiger partial charge in [-0.1, -0.05) is 95.8 Å². The molecule has 1 aromatic rings. The van der Waals surface area contributed by atoms with Gasteiger partial charge in [-0.2, -0.15) is 0 Å². The van der Waals surface area contributed by atoms with Crippen molar-refractivity contribution in [1.82, 2.24) is 0 Å². The van der Waals surface area contributed by atoms with Gasteiger partial charge in [-0.25, -0.2) is 0 Å². The van der Waals surface area contributed by atoms with Crippen LogP contribution in [0.15, 0.2) is 35.2 Å². The first-order valence-corrected chi connectivity index (χ1v) is 10.2. The lowest BCUT2D eigenvalue weighted by Crippen LogP contribution is -1.87. The van der Waals surface area contributed by atoms with Gasteiger partial charge in [-0.3, -0.25) is 0 Å². The molecule has 0 fully saturated rings. The van der Waals surface area contributed by atoms with Crippen LogP contribution in [-0.4, -0.2) is 0 Å². The van der Waals surface area contributed by atoms with Gasteiger partial charge in [-0.05, 0) is 25.5 Å². The molecule has 1 radical (unpaired) electrons. The highest BCUT2D eigenvalue weighted by molar-refractivity contribution is 8.02. The van der Waals surface area contributed by atoms with Crippen LogP contribution >= 0.6 is 11.8 Å². The van der Waals surface area contributed by atoms with Crippen LogP contribution in [0.4, 0.5) is 0 Å². The summed E-state index contributed by atoms with van der Waals surface area (Å²) in [7, 11) is 0. The van der Waals surface area contributed by atoms with Crippen LogP contribution < -0.4 is 0 Å². The molecular weight excluding hydrogens is 284 g/mol. The van der Waals surface area contributed by atoms with Crippen LogP contribution in [0.2, 0.25) is 0 Å². The summed E-state index contributed by atoms with van der Waals surface area (Å²) in [6.07, 6.45) is 17.0. The fourth-order valence-electron chi connectivity index (χ4n) is 2.78. The zero-order valence-corrected chi connectivity index (χ0v) is 15.6. The first-order valence-electron chi connectivity index (χ1n) is 9.38. The van der Waals surface area contributed by atoms with E-state index in [-0.39, 0.29) is 0 Å². The molecule has 0 unspecified atom stereocenters. The number of benzene rings is 1. The highest BCUT2D eigenvalue weighted by Crippen LogP contribution is 2.32. The number of unbranched alkanes of at least 4 members (excludes halogenated alkanes) is 10. The van der Waals surface area contributed by atoms with E-state index in [4.69, 9.17) is 0 Å². The average Bonchev–Trinajstić information content (AvgIpc) is 2.53. The zero-order valence-electron chi connectivity index (χ0n) is 14.8. The monoisotopic (exact) mass is 319 g/mol. The molecule has 0 heterocycles. The Kier molecular flexibility index (Phi) is 12.6. The standard InChI is InChI=1S/C21H35S/c1-3-4-5-6-7-8-9-10-11-12-14-17-20(2)22-21-18-15-13-16-19-21/h13,15-16,18-19H,3-12,14,17H2,1-2H3. The summed E-state index contributed by atoms with van der Waals surface area (Å²) in [5, 5.41) is 1.56. The lowest BCUT2D eigenvalue weighted by molar-refractivity contribution is 0.548. The van der Waals surface area contributed by atoms with Crippen molar-refractivity contribution in [3.05, 3.63) is 35.6 Å². The van der Waals surface area contributed by atoms with E-state index in [1.807, 2.05) is 11.8 Å². The van der Waals surface area contributed by atoms with Crippen molar-refractivity contribution in [2.75, 3.05) is 0 Å². The van der Waals surface area contributed by atoms with E-state index in [1.54, 1.807) is 5.25 Å². The minimum Gasteiger partial charge on any atom is -0.118 e. The van der Waals surface area contributed by atoms with Crippen molar-refractivity contribution >= 4 is 11.8 Å². The predicted octanol–water partition coefficient (Wildman–Crippen LogP) is 8.03. The Hall–Kier alpha value is -0.430. The molecule has 0 atom stereocenters. The van der Waals surface area contributed by atoms with Gasteiger partial charge < -0.3 is 0 Å². The van der Waals surface area contributed by atoms with E-state index in [0.29, 0.717) is 0 Å². The third-order valence-corrected chi connectivity index (χ3v) is 5.23. The molecule has 0 saturated carbocycles. The number of hydrogen-bond acceptors (Lipinski definition) is 1. The second kappa shape index (κ2) is 14.2. The smallest absolute Gasteiger partial charge is 0.0326 e. The molecular formula is C21H35S. The van der Waals surface area contributed by atoms with Crippen molar-refractivity contribution in [2.24, 2.45) is 0 Å². The van der Waals surface area contributed by atoms with E-state index in [2.05, 4.69) is 44.2 Å². The summed E-state index contributed by atoms with van der Waals surface area (Å²) in [5.74, 6) is 0. The van der Waals surface area contributed by atoms with Crippen LogP contribution in [0.3, 0.4) is 0 Å². The summed E-state index contributed by atoms with van der Waals surface area (Å²) >= 11 is 1.94. The molecule has 0 amide bonds. The number of hydrogen-bond donors (Lipinski definition) is 0. The third-order valence-electron chi connectivity index (χ3n) is 4.17. The Labute approximate surface area is 143 Å². The van der Waals surface area contributed by atoms with Gasteiger partial charge in [-0.15, -0.1) is 11.8 Å². The molecule has 125 valence electrons. The Bertz CT molecular complexity index is 333. The molecule has 0 saturated heterocycles. The number of rotatable bonds is 14. The molecule has 0 aliphatic carbocycles. The van der Waals surface area contributed by atoms with Gasteiger partial charge in [0.15, 0.2) is 0 Å². The number of thioether (sulfide) groups is 1.